The summed E-state index contributed by atoms with van der Waals surface area (Å²) in [4.78, 5) is 22.0. The molecule has 2 aromatic heterocycles. The maximum atomic E-state index is 12.0. The lowest BCUT2D eigenvalue weighted by Gasteiger charge is -2.15. The largest absolute Gasteiger partial charge is 0.339 e. The molecule has 1 unspecified atom stereocenters. The van der Waals surface area contributed by atoms with Crippen LogP contribution in [0.15, 0.2) is 4.52 Å². The summed E-state index contributed by atoms with van der Waals surface area (Å²) in [6, 6.07) is 0. The summed E-state index contributed by atoms with van der Waals surface area (Å²) in [5.41, 5.74) is 1.17. The topological polar surface area (TPSA) is 80.9 Å². The van der Waals surface area contributed by atoms with E-state index < -0.39 is 0 Å². The van der Waals surface area contributed by atoms with Crippen LogP contribution in [-0.2, 0) is 24.1 Å². The molecule has 0 spiro atoms. The van der Waals surface area contributed by atoms with E-state index in [4.69, 9.17) is 4.52 Å². The molecule has 1 aliphatic rings. The molecule has 0 fully saturated rings. The van der Waals surface area contributed by atoms with Gasteiger partial charge in [0.1, 0.15) is 0 Å². The summed E-state index contributed by atoms with van der Waals surface area (Å²) < 4.78 is 5.03. The average Bonchev–Trinajstić information content (AvgIpc) is 3.04. The highest BCUT2D eigenvalue weighted by molar-refractivity contribution is 7.15. The molecule has 1 atom stereocenters. The molecule has 2 aromatic rings. The van der Waals surface area contributed by atoms with Gasteiger partial charge in [-0.1, -0.05) is 12.1 Å². The van der Waals surface area contributed by atoms with Crippen molar-refractivity contribution in [3.63, 3.8) is 0 Å². The number of hydrogen-bond donors (Lipinski definition) is 1. The number of carbonyl (C=O) groups is 1. The monoisotopic (exact) mass is 320 g/mol. The second-order valence-electron chi connectivity index (χ2n) is 5.87. The minimum atomic E-state index is -0.00428. The molecule has 7 heteroatoms. The fourth-order valence-corrected chi connectivity index (χ4v) is 3.80. The normalized spacial score (nSPS) is 17.3. The molecule has 1 aliphatic carbocycles. The van der Waals surface area contributed by atoms with Crippen LogP contribution in [0.1, 0.15) is 48.5 Å². The standard InChI is InChI=1S/C15H20N4O2S/c1-9-6-7-11-12(8-9)22-15(17-11)18-13(20)4-3-5-14-16-10(2)19-21-14/h9H,3-8H2,1-2H3,(H,17,18,20). The van der Waals surface area contributed by atoms with Gasteiger partial charge in [0.25, 0.3) is 0 Å². The molecule has 0 bridgehead atoms. The van der Waals surface area contributed by atoms with E-state index in [1.165, 1.54) is 17.0 Å². The molecule has 0 aromatic carbocycles. The first-order valence-electron chi connectivity index (χ1n) is 7.68. The molecule has 6 nitrogen and oxygen atoms in total. The highest BCUT2D eigenvalue weighted by Crippen LogP contribution is 2.32. The molecule has 22 heavy (non-hydrogen) atoms. The predicted molar refractivity (Wildman–Crippen MR) is 83.9 cm³/mol. The van der Waals surface area contributed by atoms with E-state index in [0.29, 0.717) is 31.0 Å². The SMILES string of the molecule is Cc1noc(CCCC(=O)Nc2nc3c(s2)CC(C)CC3)n1. The van der Waals surface area contributed by atoms with Gasteiger partial charge in [0.05, 0.1) is 5.69 Å². The lowest BCUT2D eigenvalue weighted by Crippen LogP contribution is -2.11. The van der Waals surface area contributed by atoms with E-state index >= 15 is 0 Å². The first-order valence-corrected chi connectivity index (χ1v) is 8.49. The molecule has 118 valence electrons. The number of thiazole rings is 1. The van der Waals surface area contributed by atoms with Crippen LogP contribution in [0.4, 0.5) is 5.13 Å². The van der Waals surface area contributed by atoms with Gasteiger partial charge in [0, 0.05) is 17.7 Å². The van der Waals surface area contributed by atoms with Crippen LogP contribution < -0.4 is 5.32 Å². The number of hydrogen-bond acceptors (Lipinski definition) is 6. The molecule has 0 saturated carbocycles. The van der Waals surface area contributed by atoms with E-state index in [9.17, 15) is 4.79 Å². The molecule has 1 amide bonds. The smallest absolute Gasteiger partial charge is 0.226 e. The van der Waals surface area contributed by atoms with E-state index in [1.54, 1.807) is 18.3 Å². The van der Waals surface area contributed by atoms with Gasteiger partial charge >= 0.3 is 0 Å². The van der Waals surface area contributed by atoms with Crippen LogP contribution in [0.5, 0.6) is 0 Å². The van der Waals surface area contributed by atoms with Gasteiger partial charge in [-0.15, -0.1) is 11.3 Å². The van der Waals surface area contributed by atoms with Gasteiger partial charge < -0.3 is 9.84 Å². The van der Waals surface area contributed by atoms with Gasteiger partial charge in [-0.2, -0.15) is 4.98 Å². The van der Waals surface area contributed by atoms with E-state index in [1.807, 2.05) is 0 Å². The van der Waals surface area contributed by atoms with Crippen molar-refractivity contribution in [2.24, 2.45) is 5.92 Å². The minimum Gasteiger partial charge on any atom is -0.339 e. The van der Waals surface area contributed by atoms with Crippen molar-refractivity contribution in [2.75, 3.05) is 5.32 Å². The van der Waals surface area contributed by atoms with Crippen LogP contribution >= 0.6 is 11.3 Å². The second-order valence-corrected chi connectivity index (χ2v) is 6.96. The molecular formula is C15H20N4O2S. The number of aryl methyl sites for hydroxylation is 3. The Balaban J connectivity index is 1.47. The number of nitrogens with one attached hydrogen (secondary N) is 1. The lowest BCUT2D eigenvalue weighted by atomic mass is 9.93. The summed E-state index contributed by atoms with van der Waals surface area (Å²) in [5.74, 6) is 1.93. The zero-order chi connectivity index (χ0) is 15.5. The van der Waals surface area contributed by atoms with Crippen molar-refractivity contribution in [3.05, 3.63) is 22.3 Å². The summed E-state index contributed by atoms with van der Waals surface area (Å²) in [7, 11) is 0. The maximum absolute atomic E-state index is 12.0. The van der Waals surface area contributed by atoms with Crippen LogP contribution in [0, 0.1) is 12.8 Å². The third-order valence-electron chi connectivity index (χ3n) is 3.80. The van der Waals surface area contributed by atoms with Crippen molar-refractivity contribution in [2.45, 2.75) is 52.4 Å². The number of fused-ring (bicyclic) bond motifs is 1. The number of aromatic nitrogens is 3. The lowest BCUT2D eigenvalue weighted by molar-refractivity contribution is -0.116. The molecular weight excluding hydrogens is 300 g/mol. The maximum Gasteiger partial charge on any atom is 0.226 e. The number of nitrogens with zero attached hydrogens (tertiary/aromatic N) is 3. The molecule has 3 rings (SSSR count). The quantitative estimate of drug-likeness (QED) is 0.916. The van der Waals surface area contributed by atoms with Crippen molar-refractivity contribution in [1.82, 2.24) is 15.1 Å². The third kappa shape index (κ3) is 3.71. The first kappa shape index (κ1) is 15.1. The molecule has 2 heterocycles. The molecule has 1 N–H and O–H groups in total. The highest BCUT2D eigenvalue weighted by atomic mass is 32.1. The summed E-state index contributed by atoms with van der Waals surface area (Å²) in [5, 5.41) is 7.37. The Hall–Kier alpha value is -1.76. The summed E-state index contributed by atoms with van der Waals surface area (Å²) in [6.07, 6.45) is 5.05. The van der Waals surface area contributed by atoms with Crippen LogP contribution in [0.2, 0.25) is 0 Å². The Labute approximate surface area is 133 Å². The Morgan fingerprint density at radius 2 is 2.32 bits per heavy atom. The Kier molecular flexibility index (Phi) is 4.52. The van der Waals surface area contributed by atoms with Crippen LogP contribution in [0.25, 0.3) is 0 Å². The third-order valence-corrected chi connectivity index (χ3v) is 4.83. The van der Waals surface area contributed by atoms with E-state index in [2.05, 4.69) is 27.4 Å². The predicted octanol–water partition coefficient (Wildman–Crippen LogP) is 2.92. The molecule has 0 radical (unpaired) electrons. The number of carbonyl (C=O) groups excluding carboxylic acids is 1. The van der Waals surface area contributed by atoms with Crippen molar-refractivity contribution in [1.29, 1.82) is 0 Å². The number of rotatable bonds is 5. The zero-order valence-electron chi connectivity index (χ0n) is 12.9. The molecule has 0 aliphatic heterocycles. The van der Waals surface area contributed by atoms with Crippen LogP contribution in [-0.4, -0.2) is 21.0 Å². The fourth-order valence-electron chi connectivity index (χ4n) is 2.62. The second kappa shape index (κ2) is 6.56. The number of anilines is 1. The van der Waals surface area contributed by atoms with E-state index in [0.717, 1.165) is 23.9 Å². The number of amides is 1. The van der Waals surface area contributed by atoms with Gasteiger partial charge in [-0.3, -0.25) is 4.79 Å². The fraction of sp³-hybridized carbons (Fsp3) is 0.600. The van der Waals surface area contributed by atoms with Crippen molar-refractivity contribution >= 4 is 22.4 Å². The summed E-state index contributed by atoms with van der Waals surface area (Å²) in [6.45, 7) is 4.05. The van der Waals surface area contributed by atoms with Crippen LogP contribution in [0.3, 0.4) is 0 Å². The minimum absolute atomic E-state index is 0.00428. The first-order chi connectivity index (χ1) is 10.6. The Bertz CT molecular complexity index is 664. The van der Waals surface area contributed by atoms with Crippen molar-refractivity contribution in [3.8, 4) is 0 Å². The van der Waals surface area contributed by atoms with Gasteiger partial charge in [-0.05, 0) is 38.5 Å². The molecule has 0 saturated heterocycles. The van der Waals surface area contributed by atoms with Gasteiger partial charge in [0.2, 0.25) is 11.8 Å². The Morgan fingerprint density at radius 1 is 1.45 bits per heavy atom. The highest BCUT2D eigenvalue weighted by Gasteiger charge is 2.20. The zero-order valence-corrected chi connectivity index (χ0v) is 13.7. The average molecular weight is 320 g/mol. The Morgan fingerprint density at radius 3 is 3.09 bits per heavy atom. The van der Waals surface area contributed by atoms with Crippen molar-refractivity contribution < 1.29 is 9.32 Å². The van der Waals surface area contributed by atoms with Gasteiger partial charge in [-0.25, -0.2) is 4.98 Å². The summed E-state index contributed by atoms with van der Waals surface area (Å²) >= 11 is 1.62. The van der Waals surface area contributed by atoms with Gasteiger partial charge in [0.15, 0.2) is 11.0 Å². The van der Waals surface area contributed by atoms with E-state index in [-0.39, 0.29) is 5.91 Å².